The van der Waals surface area contributed by atoms with Gasteiger partial charge in [-0.2, -0.15) is 0 Å². The molecule has 0 saturated carbocycles. The van der Waals surface area contributed by atoms with Gasteiger partial charge in [0.05, 0.1) is 29.1 Å². The van der Waals surface area contributed by atoms with Crippen molar-refractivity contribution in [3.63, 3.8) is 0 Å². The van der Waals surface area contributed by atoms with Crippen LogP contribution in [0.15, 0.2) is 53.7 Å². The first-order valence-corrected chi connectivity index (χ1v) is 10.3. The summed E-state index contributed by atoms with van der Waals surface area (Å²) in [7, 11) is -3.79. The van der Waals surface area contributed by atoms with Crippen LogP contribution in [0.2, 0.25) is 0 Å². The number of benzene rings is 1. The smallest absolute Gasteiger partial charge is 0.269 e. The van der Waals surface area contributed by atoms with Gasteiger partial charge in [0.15, 0.2) is 5.65 Å². The molecule has 4 rings (SSSR count). The van der Waals surface area contributed by atoms with E-state index in [0.29, 0.717) is 23.4 Å². The Bertz CT molecular complexity index is 1160. The van der Waals surface area contributed by atoms with Crippen molar-refractivity contribution in [3.8, 4) is 0 Å². The van der Waals surface area contributed by atoms with Gasteiger partial charge in [0.1, 0.15) is 5.54 Å². The fourth-order valence-corrected chi connectivity index (χ4v) is 4.52. The predicted octanol–water partition coefficient (Wildman–Crippen LogP) is 2.43. The topological polar surface area (TPSA) is 102 Å². The summed E-state index contributed by atoms with van der Waals surface area (Å²) in [4.78, 5) is 17.0. The van der Waals surface area contributed by atoms with E-state index in [2.05, 4.69) is 15.6 Å². The van der Waals surface area contributed by atoms with Gasteiger partial charge in [0.25, 0.3) is 15.9 Å². The minimum absolute atomic E-state index is 0.175. The molecule has 0 spiro atoms. The van der Waals surface area contributed by atoms with Crippen molar-refractivity contribution in [1.29, 1.82) is 0 Å². The van der Waals surface area contributed by atoms with Crippen LogP contribution in [-0.4, -0.2) is 42.0 Å². The number of hydrogen-bond acceptors (Lipinski definition) is 6. The second-order valence-corrected chi connectivity index (χ2v) is 8.58. The van der Waals surface area contributed by atoms with Crippen LogP contribution in [0.5, 0.6) is 0 Å². The first kappa shape index (κ1) is 18.5. The van der Waals surface area contributed by atoms with E-state index in [4.69, 9.17) is 4.74 Å². The lowest BCUT2D eigenvalue weighted by molar-refractivity contribution is -0.122. The molecule has 1 aliphatic heterocycles. The van der Waals surface area contributed by atoms with Crippen LogP contribution in [-0.2, 0) is 19.6 Å². The first-order valence-electron chi connectivity index (χ1n) is 8.85. The van der Waals surface area contributed by atoms with E-state index in [-0.39, 0.29) is 23.1 Å². The highest BCUT2D eigenvalue weighted by molar-refractivity contribution is 7.90. The normalized spacial score (nSPS) is 19.1. The summed E-state index contributed by atoms with van der Waals surface area (Å²) in [5.41, 5.74) is 0.428. The second kappa shape index (κ2) is 6.61. The average molecular weight is 400 g/mol. The van der Waals surface area contributed by atoms with E-state index in [0.717, 1.165) is 3.97 Å². The molecule has 146 valence electrons. The highest BCUT2D eigenvalue weighted by Gasteiger charge is 2.39. The van der Waals surface area contributed by atoms with Gasteiger partial charge >= 0.3 is 0 Å². The summed E-state index contributed by atoms with van der Waals surface area (Å²) in [5.74, 6) is -0.231. The van der Waals surface area contributed by atoms with Gasteiger partial charge in [0.2, 0.25) is 0 Å². The maximum absolute atomic E-state index is 13.0. The lowest BCUT2D eigenvalue weighted by atomic mass is 9.98. The molecule has 8 nitrogen and oxygen atoms in total. The van der Waals surface area contributed by atoms with Crippen molar-refractivity contribution in [2.24, 2.45) is 0 Å². The Labute approximate surface area is 162 Å². The van der Waals surface area contributed by atoms with Crippen LogP contribution >= 0.6 is 0 Å². The molecule has 0 saturated heterocycles. The fourth-order valence-electron chi connectivity index (χ4n) is 3.19. The Morgan fingerprint density at radius 1 is 1.21 bits per heavy atom. The third-order valence-corrected chi connectivity index (χ3v) is 6.41. The quantitative estimate of drug-likeness (QED) is 0.682. The molecule has 9 heteroatoms. The van der Waals surface area contributed by atoms with Gasteiger partial charge in [-0.1, -0.05) is 18.2 Å². The zero-order valence-corrected chi connectivity index (χ0v) is 16.3. The Morgan fingerprint density at radius 3 is 2.68 bits per heavy atom. The van der Waals surface area contributed by atoms with Gasteiger partial charge in [-0.05, 0) is 32.0 Å². The molecule has 3 aromatic rings. The number of ether oxygens (including phenoxy) is 1. The van der Waals surface area contributed by atoms with E-state index in [1.807, 2.05) is 6.92 Å². The number of anilines is 2. The minimum atomic E-state index is -3.79. The van der Waals surface area contributed by atoms with E-state index in [1.165, 1.54) is 24.5 Å². The molecule has 1 amide bonds. The lowest BCUT2D eigenvalue weighted by Gasteiger charge is -2.35. The Kier molecular flexibility index (Phi) is 4.35. The SMILES string of the molecule is CCOCC1(C)Nc2c(cnc3c2ccn3S(=O)(=O)c2ccccc2)NC1=O. The molecule has 1 aromatic carbocycles. The van der Waals surface area contributed by atoms with Crippen LogP contribution in [0.3, 0.4) is 0 Å². The van der Waals surface area contributed by atoms with E-state index < -0.39 is 15.6 Å². The van der Waals surface area contributed by atoms with Gasteiger partial charge in [-0.3, -0.25) is 4.79 Å². The van der Waals surface area contributed by atoms with Crippen LogP contribution in [0.25, 0.3) is 11.0 Å². The van der Waals surface area contributed by atoms with Gasteiger partial charge < -0.3 is 15.4 Å². The maximum Gasteiger partial charge on any atom is 0.269 e. The van der Waals surface area contributed by atoms with Crippen LogP contribution in [0, 0.1) is 0 Å². The number of carbonyl (C=O) groups is 1. The van der Waals surface area contributed by atoms with Crippen molar-refractivity contribution in [1.82, 2.24) is 8.96 Å². The molecule has 1 unspecified atom stereocenters. The molecule has 2 aromatic heterocycles. The maximum atomic E-state index is 13.0. The Hall–Kier alpha value is -2.91. The number of nitrogens with one attached hydrogen (secondary N) is 2. The number of rotatable bonds is 5. The third kappa shape index (κ3) is 2.83. The van der Waals surface area contributed by atoms with Crippen LogP contribution < -0.4 is 10.6 Å². The standard InChI is InChI=1S/C19H20N4O4S/c1-3-27-12-19(2)18(24)21-15-11-20-17-14(16(15)22-19)9-10-23(17)28(25,26)13-7-5-4-6-8-13/h4-11,22H,3,12H2,1-2H3,(H,21,24). The molecule has 0 fully saturated rings. The first-order chi connectivity index (χ1) is 13.4. The van der Waals surface area contributed by atoms with Crippen molar-refractivity contribution in [3.05, 3.63) is 48.8 Å². The Balaban J connectivity index is 1.83. The Morgan fingerprint density at radius 2 is 1.96 bits per heavy atom. The molecule has 1 atom stereocenters. The summed E-state index contributed by atoms with van der Waals surface area (Å²) < 4.78 is 32.6. The molecular formula is C19H20N4O4S. The zero-order chi connectivity index (χ0) is 19.9. The van der Waals surface area contributed by atoms with Crippen molar-refractivity contribution >= 4 is 38.3 Å². The third-order valence-electron chi connectivity index (χ3n) is 4.73. The van der Waals surface area contributed by atoms with Crippen molar-refractivity contribution in [2.45, 2.75) is 24.3 Å². The van der Waals surface area contributed by atoms with Crippen LogP contribution in [0.1, 0.15) is 13.8 Å². The molecule has 2 N–H and O–H groups in total. The summed E-state index contributed by atoms with van der Waals surface area (Å²) in [6, 6.07) is 9.85. The highest BCUT2D eigenvalue weighted by Crippen LogP contribution is 2.37. The molecular weight excluding hydrogens is 380 g/mol. The van der Waals surface area contributed by atoms with E-state index >= 15 is 0 Å². The van der Waals surface area contributed by atoms with Crippen LogP contribution in [0.4, 0.5) is 11.4 Å². The number of carbonyl (C=O) groups excluding carboxylic acids is 1. The van der Waals surface area contributed by atoms with Crippen molar-refractivity contribution < 1.29 is 17.9 Å². The number of hydrogen-bond donors (Lipinski definition) is 2. The number of pyridine rings is 1. The van der Waals surface area contributed by atoms with E-state index in [1.54, 1.807) is 31.2 Å². The van der Waals surface area contributed by atoms with Gasteiger partial charge in [-0.15, -0.1) is 0 Å². The molecule has 0 aliphatic carbocycles. The number of amides is 1. The zero-order valence-electron chi connectivity index (χ0n) is 15.5. The monoisotopic (exact) mass is 400 g/mol. The lowest BCUT2D eigenvalue weighted by Crippen LogP contribution is -2.53. The summed E-state index contributed by atoms with van der Waals surface area (Å²) in [6.45, 7) is 4.26. The summed E-state index contributed by atoms with van der Waals surface area (Å²) >= 11 is 0. The number of fused-ring (bicyclic) bond motifs is 3. The largest absolute Gasteiger partial charge is 0.379 e. The molecule has 28 heavy (non-hydrogen) atoms. The minimum Gasteiger partial charge on any atom is -0.379 e. The number of nitrogens with zero attached hydrogens (tertiary/aromatic N) is 2. The summed E-state index contributed by atoms with van der Waals surface area (Å²) in [6.07, 6.45) is 2.93. The number of aromatic nitrogens is 2. The molecule has 3 heterocycles. The molecule has 1 aliphatic rings. The van der Waals surface area contributed by atoms with Gasteiger partial charge in [-0.25, -0.2) is 17.4 Å². The second-order valence-electron chi connectivity index (χ2n) is 6.76. The molecule has 0 bridgehead atoms. The average Bonchev–Trinajstić information content (AvgIpc) is 3.14. The van der Waals surface area contributed by atoms with Gasteiger partial charge in [0, 0.05) is 18.2 Å². The highest BCUT2D eigenvalue weighted by atomic mass is 32.2. The summed E-state index contributed by atoms with van der Waals surface area (Å²) in [5, 5.41) is 6.65. The van der Waals surface area contributed by atoms with Crippen molar-refractivity contribution in [2.75, 3.05) is 23.8 Å². The molecule has 0 radical (unpaired) electrons. The fraction of sp³-hybridized carbons (Fsp3) is 0.263. The predicted molar refractivity (Wildman–Crippen MR) is 106 cm³/mol. The van der Waals surface area contributed by atoms with E-state index in [9.17, 15) is 13.2 Å².